The zero-order valence-electron chi connectivity index (χ0n) is 8.65. The summed E-state index contributed by atoms with van der Waals surface area (Å²) in [6.45, 7) is 0. The summed E-state index contributed by atoms with van der Waals surface area (Å²) in [5, 5.41) is 5.66. The van der Waals surface area contributed by atoms with E-state index >= 15 is 0 Å². The molecule has 3 nitrogen and oxygen atoms in total. The standard InChI is InChI=1S/C10H6Cl2F3N3/c11-5-1-4(2-6(12)3-5)7-8(10(13,14)15)17-18-9(7)16/h1-3H,(H3,16,17,18). The number of H-pyrrole nitrogens is 1. The molecule has 2 aromatic rings. The molecule has 0 bridgehead atoms. The summed E-state index contributed by atoms with van der Waals surface area (Å²) < 4.78 is 38.3. The lowest BCUT2D eigenvalue weighted by Gasteiger charge is -2.08. The molecule has 1 aromatic heterocycles. The van der Waals surface area contributed by atoms with Gasteiger partial charge < -0.3 is 5.73 Å². The van der Waals surface area contributed by atoms with Crippen molar-refractivity contribution in [3.63, 3.8) is 0 Å². The van der Waals surface area contributed by atoms with E-state index in [2.05, 4.69) is 5.10 Å². The van der Waals surface area contributed by atoms with Crippen LogP contribution in [0, 0.1) is 0 Å². The summed E-state index contributed by atoms with van der Waals surface area (Å²) in [5.41, 5.74) is 4.31. The smallest absolute Gasteiger partial charge is 0.382 e. The van der Waals surface area contributed by atoms with Gasteiger partial charge in [-0.05, 0) is 23.8 Å². The topological polar surface area (TPSA) is 54.7 Å². The van der Waals surface area contributed by atoms with Gasteiger partial charge in [0.25, 0.3) is 0 Å². The van der Waals surface area contributed by atoms with E-state index in [4.69, 9.17) is 28.9 Å². The lowest BCUT2D eigenvalue weighted by Crippen LogP contribution is -2.07. The molecule has 1 heterocycles. The molecule has 0 unspecified atom stereocenters. The number of halogens is 5. The first-order chi connectivity index (χ1) is 8.29. The van der Waals surface area contributed by atoms with Crippen molar-refractivity contribution in [1.82, 2.24) is 10.2 Å². The van der Waals surface area contributed by atoms with E-state index in [1.54, 1.807) is 0 Å². The van der Waals surface area contributed by atoms with E-state index in [-0.39, 0.29) is 27.0 Å². The van der Waals surface area contributed by atoms with Crippen molar-refractivity contribution < 1.29 is 13.2 Å². The highest BCUT2D eigenvalue weighted by molar-refractivity contribution is 6.35. The van der Waals surface area contributed by atoms with Crippen LogP contribution >= 0.6 is 23.2 Å². The molecule has 8 heteroatoms. The quantitative estimate of drug-likeness (QED) is 0.836. The normalized spacial score (nSPS) is 11.8. The van der Waals surface area contributed by atoms with Gasteiger partial charge in [0.15, 0.2) is 5.82 Å². The number of anilines is 1. The molecule has 1 aromatic carbocycles. The molecule has 0 saturated carbocycles. The van der Waals surface area contributed by atoms with Crippen molar-refractivity contribution in [2.45, 2.75) is 6.18 Å². The molecule has 18 heavy (non-hydrogen) atoms. The van der Waals surface area contributed by atoms with E-state index < -0.39 is 11.9 Å². The van der Waals surface area contributed by atoms with Crippen molar-refractivity contribution in [2.75, 3.05) is 5.73 Å². The van der Waals surface area contributed by atoms with Gasteiger partial charge in [-0.25, -0.2) is 0 Å². The fourth-order valence-corrected chi connectivity index (χ4v) is 2.08. The predicted octanol–water partition coefficient (Wildman–Crippen LogP) is 3.98. The van der Waals surface area contributed by atoms with Crippen LogP contribution in [0.2, 0.25) is 10.0 Å². The second-order valence-corrected chi connectivity index (χ2v) is 4.39. The maximum Gasteiger partial charge on any atom is 0.433 e. The minimum atomic E-state index is -4.59. The van der Waals surface area contributed by atoms with Gasteiger partial charge in [-0.2, -0.15) is 18.3 Å². The molecule has 0 aliphatic carbocycles. The molecule has 0 aliphatic heterocycles. The number of rotatable bonds is 1. The Labute approximate surface area is 110 Å². The number of nitrogens with zero attached hydrogens (tertiary/aromatic N) is 1. The molecule has 0 aliphatic rings. The fraction of sp³-hybridized carbons (Fsp3) is 0.100. The lowest BCUT2D eigenvalue weighted by molar-refractivity contribution is -0.140. The van der Waals surface area contributed by atoms with E-state index in [1.165, 1.54) is 18.2 Å². The molecule has 0 spiro atoms. The second-order valence-electron chi connectivity index (χ2n) is 3.51. The Morgan fingerprint density at radius 2 is 1.67 bits per heavy atom. The van der Waals surface area contributed by atoms with E-state index in [0.717, 1.165) is 0 Å². The molecule has 2 rings (SSSR count). The fourth-order valence-electron chi connectivity index (χ4n) is 1.55. The molecule has 0 saturated heterocycles. The van der Waals surface area contributed by atoms with Gasteiger partial charge in [0, 0.05) is 10.0 Å². The Balaban J connectivity index is 2.67. The summed E-state index contributed by atoms with van der Waals surface area (Å²) >= 11 is 11.5. The maximum absolute atomic E-state index is 12.8. The largest absolute Gasteiger partial charge is 0.433 e. The minimum absolute atomic E-state index is 0.158. The number of benzene rings is 1. The van der Waals surface area contributed by atoms with Gasteiger partial charge in [0.1, 0.15) is 5.69 Å². The van der Waals surface area contributed by atoms with Gasteiger partial charge in [-0.15, -0.1) is 0 Å². The number of aromatic amines is 1. The summed E-state index contributed by atoms with van der Waals surface area (Å²) in [7, 11) is 0. The summed E-state index contributed by atoms with van der Waals surface area (Å²) in [6, 6.07) is 4.09. The van der Waals surface area contributed by atoms with Gasteiger partial charge >= 0.3 is 6.18 Å². The Bertz CT molecular complexity index is 572. The van der Waals surface area contributed by atoms with Crippen LogP contribution in [0.4, 0.5) is 19.0 Å². The Hall–Kier alpha value is -1.40. The van der Waals surface area contributed by atoms with Gasteiger partial charge in [0.2, 0.25) is 0 Å². The monoisotopic (exact) mass is 295 g/mol. The first kappa shape index (κ1) is 13.0. The average molecular weight is 296 g/mol. The molecule has 0 amide bonds. The maximum atomic E-state index is 12.8. The highest BCUT2D eigenvalue weighted by Crippen LogP contribution is 2.39. The molecule has 0 radical (unpaired) electrons. The van der Waals surface area contributed by atoms with Crippen molar-refractivity contribution in [3.05, 3.63) is 33.9 Å². The molecular formula is C10H6Cl2F3N3. The predicted molar refractivity (Wildman–Crippen MR) is 63.5 cm³/mol. The number of nitrogens with one attached hydrogen (secondary N) is 1. The Kier molecular flexibility index (Phi) is 3.16. The van der Waals surface area contributed by atoms with Crippen molar-refractivity contribution in [3.8, 4) is 11.1 Å². The highest BCUT2D eigenvalue weighted by atomic mass is 35.5. The average Bonchev–Trinajstić information content (AvgIpc) is 2.57. The van der Waals surface area contributed by atoms with Crippen LogP contribution < -0.4 is 5.73 Å². The Morgan fingerprint density at radius 3 is 2.17 bits per heavy atom. The minimum Gasteiger partial charge on any atom is -0.382 e. The van der Waals surface area contributed by atoms with Crippen LogP contribution in [-0.2, 0) is 6.18 Å². The number of hydrogen-bond acceptors (Lipinski definition) is 2. The highest BCUT2D eigenvalue weighted by Gasteiger charge is 2.37. The van der Waals surface area contributed by atoms with E-state index in [1.807, 2.05) is 5.10 Å². The number of nitrogen functional groups attached to an aromatic ring is 1. The summed E-state index contributed by atoms with van der Waals surface area (Å²) in [4.78, 5) is 0. The first-order valence-electron chi connectivity index (χ1n) is 4.66. The SMILES string of the molecule is Nc1n[nH]c(C(F)(F)F)c1-c1cc(Cl)cc(Cl)c1. The van der Waals surface area contributed by atoms with E-state index in [9.17, 15) is 13.2 Å². The van der Waals surface area contributed by atoms with Gasteiger partial charge in [0.05, 0.1) is 5.56 Å². The second kappa shape index (κ2) is 4.37. The third kappa shape index (κ3) is 2.39. The number of aromatic nitrogens is 2. The molecular weight excluding hydrogens is 290 g/mol. The van der Waals surface area contributed by atoms with Crippen LogP contribution in [0.1, 0.15) is 5.69 Å². The Morgan fingerprint density at radius 1 is 1.11 bits per heavy atom. The summed E-state index contributed by atoms with van der Waals surface area (Å²) in [6.07, 6.45) is -4.59. The van der Waals surface area contributed by atoms with Crippen LogP contribution in [0.15, 0.2) is 18.2 Å². The molecule has 0 atom stereocenters. The van der Waals surface area contributed by atoms with E-state index in [0.29, 0.717) is 0 Å². The number of nitrogens with two attached hydrogens (primary N) is 1. The zero-order chi connectivity index (χ0) is 13.5. The lowest BCUT2D eigenvalue weighted by atomic mass is 10.1. The first-order valence-corrected chi connectivity index (χ1v) is 5.42. The van der Waals surface area contributed by atoms with Gasteiger partial charge in [-0.3, -0.25) is 5.10 Å². The molecule has 96 valence electrons. The van der Waals surface area contributed by atoms with Crippen LogP contribution in [0.5, 0.6) is 0 Å². The van der Waals surface area contributed by atoms with Crippen LogP contribution in [0.3, 0.4) is 0 Å². The summed E-state index contributed by atoms with van der Waals surface area (Å²) in [5.74, 6) is -0.263. The third-order valence-electron chi connectivity index (χ3n) is 2.23. The number of hydrogen-bond donors (Lipinski definition) is 2. The molecule has 3 N–H and O–H groups in total. The molecule has 0 fully saturated rings. The van der Waals surface area contributed by atoms with Crippen LogP contribution in [-0.4, -0.2) is 10.2 Å². The van der Waals surface area contributed by atoms with Crippen LogP contribution in [0.25, 0.3) is 11.1 Å². The third-order valence-corrected chi connectivity index (χ3v) is 2.67. The zero-order valence-corrected chi connectivity index (χ0v) is 10.2. The van der Waals surface area contributed by atoms with Crippen molar-refractivity contribution in [1.29, 1.82) is 0 Å². The number of alkyl halides is 3. The van der Waals surface area contributed by atoms with Gasteiger partial charge in [-0.1, -0.05) is 23.2 Å². The van der Waals surface area contributed by atoms with Crippen molar-refractivity contribution in [2.24, 2.45) is 0 Å². The van der Waals surface area contributed by atoms with Crippen molar-refractivity contribution >= 4 is 29.0 Å².